The second kappa shape index (κ2) is 3.30. The van der Waals surface area contributed by atoms with Crippen LogP contribution in [0.1, 0.15) is 5.69 Å². The molecule has 0 unspecified atom stereocenters. The summed E-state index contributed by atoms with van der Waals surface area (Å²) in [5, 5.41) is 3.43. The number of aromatic nitrogens is 1. The minimum Gasteiger partial charge on any atom is -0.313 e. The maximum absolute atomic E-state index is 10.8. The fraction of sp³-hybridized carbons (Fsp3) is 0.143. The summed E-state index contributed by atoms with van der Waals surface area (Å²) in [5.74, 6) is -0.197. The molecule has 0 spiro atoms. The van der Waals surface area contributed by atoms with E-state index in [1.54, 1.807) is 5.51 Å². The molecule has 0 aliphatic carbocycles. The van der Waals surface area contributed by atoms with Crippen LogP contribution in [0.3, 0.4) is 0 Å². The van der Waals surface area contributed by atoms with Crippen LogP contribution in [0.5, 0.6) is 0 Å². The van der Waals surface area contributed by atoms with E-state index in [1.165, 1.54) is 17.4 Å². The van der Waals surface area contributed by atoms with E-state index in [1.807, 2.05) is 6.92 Å². The number of rotatable bonds is 2. The average molecular weight is 168 g/mol. The van der Waals surface area contributed by atoms with Gasteiger partial charge in [-0.25, -0.2) is 4.98 Å². The lowest BCUT2D eigenvalue weighted by molar-refractivity contribution is -0.111. The molecule has 1 aromatic rings. The molecule has 0 radical (unpaired) electrons. The van der Waals surface area contributed by atoms with Crippen molar-refractivity contribution in [3.8, 4) is 0 Å². The van der Waals surface area contributed by atoms with Gasteiger partial charge in [-0.05, 0) is 13.0 Å². The zero-order valence-corrected chi connectivity index (χ0v) is 6.94. The molecule has 0 atom stereocenters. The van der Waals surface area contributed by atoms with Crippen molar-refractivity contribution in [2.24, 2.45) is 0 Å². The van der Waals surface area contributed by atoms with Crippen molar-refractivity contribution in [1.29, 1.82) is 0 Å². The van der Waals surface area contributed by atoms with Gasteiger partial charge >= 0.3 is 0 Å². The maximum Gasteiger partial charge on any atom is 0.248 e. The van der Waals surface area contributed by atoms with Crippen LogP contribution in [0, 0.1) is 6.92 Å². The van der Waals surface area contributed by atoms with Gasteiger partial charge < -0.3 is 5.32 Å². The molecule has 0 fully saturated rings. The Kier molecular flexibility index (Phi) is 2.38. The van der Waals surface area contributed by atoms with Crippen molar-refractivity contribution in [2.75, 3.05) is 5.32 Å². The van der Waals surface area contributed by atoms with Crippen LogP contribution < -0.4 is 5.32 Å². The minimum atomic E-state index is -0.197. The van der Waals surface area contributed by atoms with Crippen LogP contribution in [-0.2, 0) is 4.79 Å². The van der Waals surface area contributed by atoms with E-state index in [4.69, 9.17) is 0 Å². The Morgan fingerprint density at radius 1 is 1.91 bits per heavy atom. The normalized spacial score (nSPS) is 9.18. The molecule has 0 aromatic carbocycles. The van der Waals surface area contributed by atoms with Gasteiger partial charge in [-0.15, -0.1) is 11.3 Å². The highest BCUT2D eigenvalue weighted by atomic mass is 32.1. The van der Waals surface area contributed by atoms with Crippen molar-refractivity contribution in [3.05, 3.63) is 23.9 Å². The third-order valence-electron chi connectivity index (χ3n) is 1.17. The third kappa shape index (κ3) is 1.88. The second-order valence-electron chi connectivity index (χ2n) is 1.96. The van der Waals surface area contributed by atoms with Crippen LogP contribution in [0.4, 0.5) is 5.00 Å². The van der Waals surface area contributed by atoms with Gasteiger partial charge in [0.15, 0.2) is 0 Å². The Labute approximate surface area is 68.8 Å². The standard InChI is InChI=1S/C7H8N2OS/c1-3-6(10)9-7-5(2)8-4-11-7/h3-4H,1H2,2H3,(H,9,10). The lowest BCUT2D eigenvalue weighted by Crippen LogP contribution is -2.06. The molecule has 0 aliphatic rings. The molecule has 3 nitrogen and oxygen atoms in total. The Morgan fingerprint density at radius 3 is 3.09 bits per heavy atom. The molecule has 1 rings (SSSR count). The zero-order valence-electron chi connectivity index (χ0n) is 6.13. The summed E-state index contributed by atoms with van der Waals surface area (Å²) in [4.78, 5) is 14.8. The lowest BCUT2D eigenvalue weighted by Gasteiger charge is -1.96. The molecule has 58 valence electrons. The predicted octanol–water partition coefficient (Wildman–Crippen LogP) is 1.58. The van der Waals surface area contributed by atoms with Gasteiger partial charge in [0, 0.05) is 0 Å². The molecule has 0 saturated heterocycles. The largest absolute Gasteiger partial charge is 0.313 e. The monoisotopic (exact) mass is 168 g/mol. The van der Waals surface area contributed by atoms with Crippen LogP contribution >= 0.6 is 11.3 Å². The van der Waals surface area contributed by atoms with E-state index in [0.717, 1.165) is 10.7 Å². The highest BCUT2D eigenvalue weighted by Gasteiger charge is 2.01. The van der Waals surface area contributed by atoms with Crippen LogP contribution in [0.2, 0.25) is 0 Å². The molecule has 4 heteroatoms. The fourth-order valence-corrected chi connectivity index (χ4v) is 1.28. The first-order valence-electron chi connectivity index (χ1n) is 3.07. The quantitative estimate of drug-likeness (QED) is 0.681. The first-order valence-corrected chi connectivity index (χ1v) is 3.95. The van der Waals surface area contributed by atoms with Crippen molar-refractivity contribution >= 4 is 22.2 Å². The van der Waals surface area contributed by atoms with Gasteiger partial charge in [0.2, 0.25) is 5.91 Å². The molecule has 0 saturated carbocycles. The number of amides is 1. The van der Waals surface area contributed by atoms with E-state index in [-0.39, 0.29) is 5.91 Å². The highest BCUT2D eigenvalue weighted by Crippen LogP contribution is 2.18. The number of aryl methyl sites for hydroxylation is 1. The molecule has 0 bridgehead atoms. The average Bonchev–Trinajstić information content (AvgIpc) is 2.37. The van der Waals surface area contributed by atoms with Gasteiger partial charge in [0.1, 0.15) is 5.00 Å². The van der Waals surface area contributed by atoms with Gasteiger partial charge in [-0.1, -0.05) is 6.58 Å². The number of carbonyl (C=O) groups excluding carboxylic acids is 1. The van der Waals surface area contributed by atoms with Gasteiger partial charge in [0.05, 0.1) is 11.2 Å². The van der Waals surface area contributed by atoms with Crippen LogP contribution in [0.15, 0.2) is 18.2 Å². The molecule has 1 heterocycles. The van der Waals surface area contributed by atoms with Gasteiger partial charge in [-0.3, -0.25) is 4.79 Å². The number of hydrogen-bond acceptors (Lipinski definition) is 3. The van der Waals surface area contributed by atoms with E-state index in [9.17, 15) is 4.79 Å². The third-order valence-corrected chi connectivity index (χ3v) is 2.01. The highest BCUT2D eigenvalue weighted by molar-refractivity contribution is 7.14. The SMILES string of the molecule is C=CC(=O)Nc1scnc1C. The summed E-state index contributed by atoms with van der Waals surface area (Å²) >= 11 is 1.40. The predicted molar refractivity (Wildman–Crippen MR) is 45.7 cm³/mol. The summed E-state index contributed by atoms with van der Waals surface area (Å²) in [7, 11) is 0. The number of hydrogen-bond donors (Lipinski definition) is 1. The van der Waals surface area contributed by atoms with Crippen molar-refractivity contribution in [3.63, 3.8) is 0 Å². The first kappa shape index (κ1) is 7.94. The molecule has 11 heavy (non-hydrogen) atoms. The van der Waals surface area contributed by atoms with Crippen molar-refractivity contribution in [1.82, 2.24) is 4.98 Å². The Bertz CT molecular complexity index is 280. The van der Waals surface area contributed by atoms with E-state index in [0.29, 0.717) is 0 Å². The Balaban J connectivity index is 2.71. The summed E-state index contributed by atoms with van der Waals surface area (Å²) in [6.07, 6.45) is 1.24. The molecular formula is C7H8N2OS. The fourth-order valence-electron chi connectivity index (χ4n) is 0.585. The summed E-state index contributed by atoms with van der Waals surface area (Å²) < 4.78 is 0. The number of anilines is 1. The molecule has 1 amide bonds. The van der Waals surface area contributed by atoms with E-state index >= 15 is 0 Å². The van der Waals surface area contributed by atoms with Crippen molar-refractivity contribution in [2.45, 2.75) is 6.92 Å². The minimum absolute atomic E-state index is 0.197. The smallest absolute Gasteiger partial charge is 0.248 e. The first-order chi connectivity index (χ1) is 5.24. The molecule has 0 aliphatic heterocycles. The summed E-state index contributed by atoms with van der Waals surface area (Å²) in [6.45, 7) is 5.19. The Morgan fingerprint density at radius 2 is 2.64 bits per heavy atom. The van der Waals surface area contributed by atoms with E-state index < -0.39 is 0 Å². The Hall–Kier alpha value is -1.16. The number of carbonyl (C=O) groups is 1. The molecular weight excluding hydrogens is 160 g/mol. The molecule has 1 N–H and O–H groups in total. The lowest BCUT2D eigenvalue weighted by atomic mass is 10.5. The van der Waals surface area contributed by atoms with Gasteiger partial charge in [0.25, 0.3) is 0 Å². The van der Waals surface area contributed by atoms with Crippen LogP contribution in [0.25, 0.3) is 0 Å². The zero-order chi connectivity index (χ0) is 8.27. The number of thiazole rings is 1. The number of nitrogens with zero attached hydrogens (tertiary/aromatic N) is 1. The molecule has 1 aromatic heterocycles. The topological polar surface area (TPSA) is 42.0 Å². The number of nitrogens with one attached hydrogen (secondary N) is 1. The van der Waals surface area contributed by atoms with Gasteiger partial charge in [-0.2, -0.15) is 0 Å². The summed E-state index contributed by atoms with van der Waals surface area (Å²) in [6, 6.07) is 0. The second-order valence-corrected chi connectivity index (χ2v) is 2.82. The van der Waals surface area contributed by atoms with Crippen molar-refractivity contribution < 1.29 is 4.79 Å². The summed E-state index contributed by atoms with van der Waals surface area (Å²) in [5.41, 5.74) is 2.53. The maximum atomic E-state index is 10.8. The van der Waals surface area contributed by atoms with E-state index in [2.05, 4.69) is 16.9 Å². The van der Waals surface area contributed by atoms with Crippen LogP contribution in [-0.4, -0.2) is 10.9 Å².